The van der Waals surface area contributed by atoms with Crippen molar-refractivity contribution < 1.29 is 9.59 Å². The zero-order valence-corrected chi connectivity index (χ0v) is 9.14. The minimum atomic E-state index is -0.639. The molecule has 15 heavy (non-hydrogen) atoms. The third kappa shape index (κ3) is 3.87. The fourth-order valence-corrected chi connectivity index (χ4v) is 1.18. The van der Waals surface area contributed by atoms with Gasteiger partial charge in [-0.3, -0.25) is 9.59 Å². The third-order valence-electron chi connectivity index (χ3n) is 2.45. The highest BCUT2D eigenvalue weighted by atomic mass is 16.2. The van der Waals surface area contributed by atoms with E-state index in [1.807, 2.05) is 6.92 Å². The minimum Gasteiger partial charge on any atom is -0.356 e. The number of rotatable bonds is 6. The monoisotopic (exact) mass is 213 g/mol. The maximum absolute atomic E-state index is 11.4. The Bertz CT molecular complexity index is 249. The molecule has 0 bridgehead atoms. The molecule has 5 heteroatoms. The Hall–Kier alpha value is -1.10. The first-order chi connectivity index (χ1) is 7.08. The Kier molecular flexibility index (Phi) is 4.08. The largest absolute Gasteiger partial charge is 0.356 e. The quantitative estimate of drug-likeness (QED) is 0.556. The predicted octanol–water partition coefficient (Wildman–Crippen LogP) is -0.490. The lowest BCUT2D eigenvalue weighted by Gasteiger charge is -2.09. The number of nitrogens with one attached hydrogen (secondary N) is 2. The molecule has 0 aliphatic heterocycles. The molecule has 0 heterocycles. The maximum atomic E-state index is 11.4. The first-order valence-electron chi connectivity index (χ1n) is 5.42. The summed E-state index contributed by atoms with van der Waals surface area (Å²) in [5.41, 5.74) is 5.04. The van der Waals surface area contributed by atoms with Crippen LogP contribution in [-0.2, 0) is 9.59 Å². The fourth-order valence-electron chi connectivity index (χ4n) is 1.18. The molecule has 1 aliphatic rings. The van der Waals surface area contributed by atoms with Gasteiger partial charge in [-0.2, -0.15) is 0 Å². The highest BCUT2D eigenvalue weighted by Crippen LogP contribution is 2.31. The second kappa shape index (κ2) is 5.11. The van der Waals surface area contributed by atoms with Crippen LogP contribution in [0.25, 0.3) is 0 Å². The fraction of sp³-hybridized carbons (Fsp3) is 0.800. The molecule has 1 saturated carbocycles. The van der Waals surface area contributed by atoms with Gasteiger partial charge in [0.25, 0.3) is 0 Å². The van der Waals surface area contributed by atoms with Gasteiger partial charge in [-0.25, -0.2) is 0 Å². The summed E-state index contributed by atoms with van der Waals surface area (Å²) in [5.74, 6) is -0.162. The molecule has 1 rings (SSSR count). The first-order valence-corrected chi connectivity index (χ1v) is 5.42. The topological polar surface area (TPSA) is 84.2 Å². The summed E-state index contributed by atoms with van der Waals surface area (Å²) in [6.45, 7) is 3.05. The zero-order chi connectivity index (χ0) is 11.3. The van der Waals surface area contributed by atoms with Crippen LogP contribution in [0.15, 0.2) is 0 Å². The number of hydrogen-bond acceptors (Lipinski definition) is 3. The van der Waals surface area contributed by atoms with Crippen molar-refractivity contribution in [1.29, 1.82) is 0 Å². The van der Waals surface area contributed by atoms with Gasteiger partial charge < -0.3 is 16.4 Å². The maximum Gasteiger partial charge on any atom is 0.240 e. The van der Waals surface area contributed by atoms with E-state index >= 15 is 0 Å². The Morgan fingerprint density at radius 3 is 2.47 bits per heavy atom. The summed E-state index contributed by atoms with van der Waals surface area (Å²) >= 11 is 0. The number of nitrogens with two attached hydrogens (primary N) is 1. The average molecular weight is 213 g/mol. The summed E-state index contributed by atoms with van der Waals surface area (Å²) < 4.78 is 0. The van der Waals surface area contributed by atoms with Crippen LogP contribution in [0.3, 0.4) is 0 Å². The summed E-state index contributed by atoms with van der Waals surface area (Å²) in [5, 5.41) is 5.41. The molecule has 0 atom stereocenters. The van der Waals surface area contributed by atoms with Crippen molar-refractivity contribution in [1.82, 2.24) is 10.6 Å². The summed E-state index contributed by atoms with van der Waals surface area (Å²) in [4.78, 5) is 22.5. The molecule has 86 valence electrons. The third-order valence-corrected chi connectivity index (χ3v) is 2.45. The van der Waals surface area contributed by atoms with E-state index in [1.165, 1.54) is 0 Å². The van der Waals surface area contributed by atoms with Gasteiger partial charge in [0.1, 0.15) is 0 Å². The van der Waals surface area contributed by atoms with Crippen LogP contribution in [0.2, 0.25) is 0 Å². The van der Waals surface area contributed by atoms with E-state index < -0.39 is 5.54 Å². The van der Waals surface area contributed by atoms with Crippen molar-refractivity contribution >= 4 is 11.8 Å². The molecule has 1 fully saturated rings. The van der Waals surface area contributed by atoms with E-state index in [-0.39, 0.29) is 11.8 Å². The van der Waals surface area contributed by atoms with Gasteiger partial charge in [-0.05, 0) is 19.3 Å². The smallest absolute Gasteiger partial charge is 0.240 e. The molecule has 5 nitrogen and oxygen atoms in total. The summed E-state index contributed by atoms with van der Waals surface area (Å²) in [6, 6.07) is 0. The average Bonchev–Trinajstić information content (AvgIpc) is 2.94. The van der Waals surface area contributed by atoms with Crippen LogP contribution in [0.1, 0.15) is 32.6 Å². The highest BCUT2D eigenvalue weighted by molar-refractivity contribution is 5.89. The Labute approximate surface area is 89.8 Å². The lowest BCUT2D eigenvalue weighted by molar-refractivity contribution is -0.123. The molecule has 0 radical (unpaired) electrons. The van der Waals surface area contributed by atoms with Gasteiger partial charge in [0, 0.05) is 19.5 Å². The molecule has 0 aromatic heterocycles. The molecule has 0 aromatic rings. The molecule has 2 amide bonds. The number of carbonyl (C=O) groups is 2. The van der Waals surface area contributed by atoms with Gasteiger partial charge in [0.05, 0.1) is 5.54 Å². The van der Waals surface area contributed by atoms with Crippen LogP contribution in [0, 0.1) is 0 Å². The molecule has 0 aromatic carbocycles. The lowest BCUT2D eigenvalue weighted by Crippen LogP contribution is -2.43. The van der Waals surface area contributed by atoms with E-state index in [4.69, 9.17) is 5.73 Å². The SMILES string of the molecule is CCCNC(=O)CCNC(=O)C1(N)CC1. The van der Waals surface area contributed by atoms with E-state index in [0.717, 1.165) is 19.3 Å². The molecular weight excluding hydrogens is 194 g/mol. The Morgan fingerprint density at radius 1 is 1.27 bits per heavy atom. The summed E-state index contributed by atoms with van der Waals surface area (Å²) in [6.07, 6.45) is 2.74. The van der Waals surface area contributed by atoms with Crippen molar-refractivity contribution in [2.45, 2.75) is 38.1 Å². The van der Waals surface area contributed by atoms with Crippen LogP contribution >= 0.6 is 0 Å². The molecule has 0 unspecified atom stereocenters. The van der Waals surface area contributed by atoms with Crippen molar-refractivity contribution in [3.05, 3.63) is 0 Å². The van der Waals surface area contributed by atoms with Gasteiger partial charge >= 0.3 is 0 Å². The van der Waals surface area contributed by atoms with Gasteiger partial charge in [0.2, 0.25) is 11.8 Å². The normalized spacial score (nSPS) is 16.9. The van der Waals surface area contributed by atoms with Crippen LogP contribution in [0.5, 0.6) is 0 Å². The van der Waals surface area contributed by atoms with Crippen LogP contribution in [-0.4, -0.2) is 30.4 Å². The van der Waals surface area contributed by atoms with Crippen molar-refractivity contribution in [2.24, 2.45) is 5.73 Å². The van der Waals surface area contributed by atoms with Crippen molar-refractivity contribution in [3.63, 3.8) is 0 Å². The number of carbonyl (C=O) groups excluding carboxylic acids is 2. The van der Waals surface area contributed by atoms with Gasteiger partial charge in [-0.1, -0.05) is 6.92 Å². The zero-order valence-electron chi connectivity index (χ0n) is 9.14. The van der Waals surface area contributed by atoms with E-state index in [2.05, 4.69) is 10.6 Å². The summed E-state index contributed by atoms with van der Waals surface area (Å²) in [7, 11) is 0. The van der Waals surface area contributed by atoms with Gasteiger partial charge in [0.15, 0.2) is 0 Å². The Morgan fingerprint density at radius 2 is 1.93 bits per heavy atom. The molecule has 1 aliphatic carbocycles. The molecule has 0 spiro atoms. The van der Waals surface area contributed by atoms with Gasteiger partial charge in [-0.15, -0.1) is 0 Å². The van der Waals surface area contributed by atoms with E-state index in [1.54, 1.807) is 0 Å². The molecule has 0 saturated heterocycles. The van der Waals surface area contributed by atoms with Crippen molar-refractivity contribution in [2.75, 3.05) is 13.1 Å². The molecule has 4 N–H and O–H groups in total. The highest BCUT2D eigenvalue weighted by Gasteiger charge is 2.45. The second-order valence-corrected chi connectivity index (χ2v) is 4.01. The second-order valence-electron chi connectivity index (χ2n) is 4.01. The van der Waals surface area contributed by atoms with Crippen LogP contribution < -0.4 is 16.4 Å². The lowest BCUT2D eigenvalue weighted by atomic mass is 10.2. The number of hydrogen-bond donors (Lipinski definition) is 3. The first kappa shape index (κ1) is 12.0. The Balaban J connectivity index is 2.05. The van der Waals surface area contributed by atoms with Crippen LogP contribution in [0.4, 0.5) is 0 Å². The standard InChI is InChI=1S/C10H19N3O2/c1-2-6-12-8(14)3-7-13-9(15)10(11)4-5-10/h2-7,11H2,1H3,(H,12,14)(H,13,15). The number of amides is 2. The predicted molar refractivity (Wildman–Crippen MR) is 57.1 cm³/mol. The molecular formula is C10H19N3O2. The van der Waals surface area contributed by atoms with E-state index in [9.17, 15) is 9.59 Å². The van der Waals surface area contributed by atoms with Crippen molar-refractivity contribution in [3.8, 4) is 0 Å². The minimum absolute atomic E-state index is 0.0287. The van der Waals surface area contributed by atoms with E-state index in [0.29, 0.717) is 19.5 Å².